The molecule has 0 unspecified atom stereocenters. The minimum atomic E-state index is 0.335. The molecule has 0 atom stereocenters. The van der Waals surface area contributed by atoms with E-state index in [1.54, 1.807) is 0 Å². The number of rotatable bonds is 6. The Morgan fingerprint density at radius 3 is 2.54 bits per heavy atom. The van der Waals surface area contributed by atoms with Crippen molar-refractivity contribution in [2.75, 3.05) is 0 Å². The van der Waals surface area contributed by atoms with Crippen molar-refractivity contribution in [2.24, 2.45) is 5.73 Å². The van der Waals surface area contributed by atoms with E-state index >= 15 is 0 Å². The molecule has 1 rings (SSSR count). The van der Waals surface area contributed by atoms with Crippen molar-refractivity contribution in [1.82, 2.24) is 10.2 Å². The number of nitrogens with zero attached hydrogens (tertiary/aromatic N) is 2. The second kappa shape index (κ2) is 5.70. The lowest BCUT2D eigenvalue weighted by atomic mass is 10.1. The molecule has 0 aromatic carbocycles. The summed E-state index contributed by atoms with van der Waals surface area (Å²) in [5, 5.41) is 7.68. The van der Waals surface area contributed by atoms with E-state index in [1.807, 2.05) is 0 Å². The summed E-state index contributed by atoms with van der Waals surface area (Å²) in [6.07, 6.45) is 5.76. The Morgan fingerprint density at radius 1 is 1.15 bits per heavy atom. The Hall–Kier alpha value is -0.900. The first-order valence-electron chi connectivity index (χ1n) is 4.88. The molecule has 0 bridgehead atoms. The van der Waals surface area contributed by atoms with Crippen molar-refractivity contribution >= 4 is 0 Å². The summed E-state index contributed by atoms with van der Waals surface area (Å²) in [5.41, 5.74) is 5.34. The van der Waals surface area contributed by atoms with Crippen LogP contribution < -0.4 is 5.73 Å². The zero-order chi connectivity index (χ0) is 9.52. The normalized spacial score (nSPS) is 10.6. The van der Waals surface area contributed by atoms with Crippen LogP contribution in [0.5, 0.6) is 0 Å². The van der Waals surface area contributed by atoms with Gasteiger partial charge in [0, 0.05) is 6.42 Å². The lowest BCUT2D eigenvalue weighted by Crippen LogP contribution is -1.95. The summed E-state index contributed by atoms with van der Waals surface area (Å²) >= 11 is 0. The molecule has 4 heteroatoms. The molecule has 74 valence electrons. The summed E-state index contributed by atoms with van der Waals surface area (Å²) in [5.74, 6) is 1.25. The zero-order valence-corrected chi connectivity index (χ0v) is 8.12. The van der Waals surface area contributed by atoms with Gasteiger partial charge in [0.1, 0.15) is 0 Å². The number of unbranched alkanes of at least 4 members (excludes halogenated alkanes) is 3. The van der Waals surface area contributed by atoms with Crippen LogP contribution >= 0.6 is 0 Å². The van der Waals surface area contributed by atoms with Crippen molar-refractivity contribution in [2.45, 2.75) is 45.6 Å². The highest BCUT2D eigenvalue weighted by molar-refractivity contribution is 4.80. The molecule has 0 fully saturated rings. The summed E-state index contributed by atoms with van der Waals surface area (Å²) < 4.78 is 5.27. The standard InChI is InChI=1S/C9H17N3O/c1-2-3-4-5-6-8-11-12-9(7-10)13-8/h2-7,10H2,1H3. The minimum absolute atomic E-state index is 0.335. The molecular formula is C9H17N3O. The van der Waals surface area contributed by atoms with Crippen molar-refractivity contribution in [1.29, 1.82) is 0 Å². The highest BCUT2D eigenvalue weighted by Gasteiger charge is 2.02. The van der Waals surface area contributed by atoms with Gasteiger partial charge in [0.15, 0.2) is 0 Å². The summed E-state index contributed by atoms with van der Waals surface area (Å²) in [4.78, 5) is 0. The molecular weight excluding hydrogens is 166 g/mol. The van der Waals surface area contributed by atoms with Crippen LogP contribution in [0.25, 0.3) is 0 Å². The van der Waals surface area contributed by atoms with Crippen LogP contribution in [0.1, 0.15) is 44.4 Å². The van der Waals surface area contributed by atoms with E-state index in [1.165, 1.54) is 19.3 Å². The Morgan fingerprint density at radius 2 is 1.92 bits per heavy atom. The van der Waals surface area contributed by atoms with E-state index in [4.69, 9.17) is 10.2 Å². The molecule has 0 aliphatic carbocycles. The molecule has 2 N–H and O–H groups in total. The number of hydrogen-bond donors (Lipinski definition) is 1. The van der Waals surface area contributed by atoms with Crippen LogP contribution in [-0.2, 0) is 13.0 Å². The Labute approximate surface area is 78.5 Å². The van der Waals surface area contributed by atoms with Gasteiger partial charge in [-0.05, 0) is 6.42 Å². The highest BCUT2D eigenvalue weighted by atomic mass is 16.4. The topological polar surface area (TPSA) is 64.9 Å². The monoisotopic (exact) mass is 183 g/mol. The quantitative estimate of drug-likeness (QED) is 0.681. The average molecular weight is 183 g/mol. The lowest BCUT2D eigenvalue weighted by Gasteiger charge is -1.94. The van der Waals surface area contributed by atoms with Gasteiger partial charge in [-0.3, -0.25) is 0 Å². The van der Waals surface area contributed by atoms with E-state index in [0.717, 1.165) is 18.7 Å². The average Bonchev–Trinajstić information content (AvgIpc) is 2.60. The van der Waals surface area contributed by atoms with E-state index < -0.39 is 0 Å². The predicted molar refractivity (Wildman–Crippen MR) is 50.0 cm³/mol. The fourth-order valence-electron chi connectivity index (χ4n) is 1.17. The Bertz CT molecular complexity index is 235. The molecule has 1 heterocycles. The second-order valence-electron chi connectivity index (χ2n) is 3.10. The maximum atomic E-state index is 5.34. The Balaban J connectivity index is 2.20. The minimum Gasteiger partial charge on any atom is -0.424 e. The van der Waals surface area contributed by atoms with Crippen molar-refractivity contribution < 1.29 is 4.42 Å². The van der Waals surface area contributed by atoms with Crippen LogP contribution in [0.15, 0.2) is 4.42 Å². The van der Waals surface area contributed by atoms with Gasteiger partial charge in [0.2, 0.25) is 11.8 Å². The van der Waals surface area contributed by atoms with Crippen molar-refractivity contribution in [3.05, 3.63) is 11.8 Å². The second-order valence-corrected chi connectivity index (χ2v) is 3.10. The summed E-state index contributed by atoms with van der Waals surface area (Å²) in [7, 11) is 0. The fraction of sp³-hybridized carbons (Fsp3) is 0.778. The molecule has 1 aromatic rings. The molecule has 0 aliphatic rings. The summed E-state index contributed by atoms with van der Waals surface area (Å²) in [6.45, 7) is 2.53. The molecule has 0 radical (unpaired) electrons. The predicted octanol–water partition coefficient (Wildman–Crippen LogP) is 1.65. The third-order valence-corrected chi connectivity index (χ3v) is 1.93. The molecule has 1 aromatic heterocycles. The van der Waals surface area contributed by atoms with Gasteiger partial charge in [-0.1, -0.05) is 26.2 Å². The number of aromatic nitrogens is 2. The van der Waals surface area contributed by atoms with Gasteiger partial charge in [-0.15, -0.1) is 10.2 Å². The molecule has 13 heavy (non-hydrogen) atoms. The number of nitrogens with two attached hydrogens (primary N) is 1. The SMILES string of the molecule is CCCCCCc1nnc(CN)o1. The van der Waals surface area contributed by atoms with Crippen LogP contribution in [0.3, 0.4) is 0 Å². The van der Waals surface area contributed by atoms with E-state index in [2.05, 4.69) is 17.1 Å². The Kier molecular flexibility index (Phi) is 4.46. The van der Waals surface area contributed by atoms with Crippen LogP contribution in [0.4, 0.5) is 0 Å². The third-order valence-electron chi connectivity index (χ3n) is 1.93. The van der Waals surface area contributed by atoms with Gasteiger partial charge in [-0.2, -0.15) is 0 Å². The first-order chi connectivity index (χ1) is 6.36. The molecule has 0 amide bonds. The van der Waals surface area contributed by atoms with Crippen LogP contribution in [0.2, 0.25) is 0 Å². The van der Waals surface area contributed by atoms with Crippen LogP contribution in [-0.4, -0.2) is 10.2 Å². The highest BCUT2D eigenvalue weighted by Crippen LogP contribution is 2.06. The molecule has 0 spiro atoms. The first kappa shape index (κ1) is 10.2. The molecule has 4 nitrogen and oxygen atoms in total. The van der Waals surface area contributed by atoms with Gasteiger partial charge >= 0.3 is 0 Å². The van der Waals surface area contributed by atoms with Gasteiger partial charge in [-0.25, -0.2) is 0 Å². The van der Waals surface area contributed by atoms with E-state index in [9.17, 15) is 0 Å². The van der Waals surface area contributed by atoms with E-state index in [0.29, 0.717) is 12.4 Å². The maximum Gasteiger partial charge on any atom is 0.230 e. The molecule has 0 saturated carbocycles. The first-order valence-corrected chi connectivity index (χ1v) is 4.88. The fourth-order valence-corrected chi connectivity index (χ4v) is 1.17. The van der Waals surface area contributed by atoms with Crippen molar-refractivity contribution in [3.63, 3.8) is 0 Å². The van der Waals surface area contributed by atoms with Gasteiger partial charge in [0.25, 0.3) is 0 Å². The maximum absolute atomic E-state index is 5.34. The number of aryl methyl sites for hydroxylation is 1. The lowest BCUT2D eigenvalue weighted by molar-refractivity contribution is 0.442. The largest absolute Gasteiger partial charge is 0.424 e. The smallest absolute Gasteiger partial charge is 0.230 e. The molecule has 0 aliphatic heterocycles. The van der Waals surface area contributed by atoms with Gasteiger partial charge in [0.05, 0.1) is 6.54 Å². The van der Waals surface area contributed by atoms with E-state index in [-0.39, 0.29) is 0 Å². The zero-order valence-electron chi connectivity index (χ0n) is 8.12. The number of hydrogen-bond acceptors (Lipinski definition) is 4. The van der Waals surface area contributed by atoms with Crippen LogP contribution in [0, 0.1) is 0 Å². The van der Waals surface area contributed by atoms with Gasteiger partial charge < -0.3 is 10.2 Å². The third kappa shape index (κ3) is 3.55. The van der Waals surface area contributed by atoms with Crippen molar-refractivity contribution in [3.8, 4) is 0 Å². The summed E-state index contributed by atoms with van der Waals surface area (Å²) in [6, 6.07) is 0. The molecule has 0 saturated heterocycles.